The van der Waals surface area contributed by atoms with Gasteiger partial charge in [0.1, 0.15) is 11.8 Å². The standard InChI is InChI=1S/C12H15N3O/c13-8-12-10(2-1-5-15-12)9-16-11-3-6-14-7-4-11/h1-2,5,11,14H,3-4,6-7,9H2. The van der Waals surface area contributed by atoms with Gasteiger partial charge < -0.3 is 10.1 Å². The van der Waals surface area contributed by atoms with Crippen LogP contribution in [0.5, 0.6) is 0 Å². The molecule has 1 fully saturated rings. The maximum Gasteiger partial charge on any atom is 0.145 e. The first-order valence-corrected chi connectivity index (χ1v) is 5.56. The monoisotopic (exact) mass is 217 g/mol. The second kappa shape index (κ2) is 5.59. The molecule has 16 heavy (non-hydrogen) atoms. The molecule has 0 bridgehead atoms. The topological polar surface area (TPSA) is 57.9 Å². The van der Waals surface area contributed by atoms with Crippen molar-refractivity contribution in [3.8, 4) is 6.07 Å². The highest BCUT2D eigenvalue weighted by molar-refractivity contribution is 5.29. The molecule has 2 heterocycles. The van der Waals surface area contributed by atoms with Crippen molar-refractivity contribution in [3.05, 3.63) is 29.6 Å². The molecule has 0 amide bonds. The zero-order chi connectivity index (χ0) is 11.2. The Hall–Kier alpha value is -1.44. The van der Waals surface area contributed by atoms with Gasteiger partial charge in [-0.2, -0.15) is 5.26 Å². The van der Waals surface area contributed by atoms with Crippen molar-refractivity contribution in [1.82, 2.24) is 10.3 Å². The second-order valence-corrected chi connectivity index (χ2v) is 3.88. The van der Waals surface area contributed by atoms with Gasteiger partial charge in [0, 0.05) is 11.8 Å². The van der Waals surface area contributed by atoms with E-state index in [0.29, 0.717) is 18.4 Å². The van der Waals surface area contributed by atoms with Crippen molar-refractivity contribution in [3.63, 3.8) is 0 Å². The van der Waals surface area contributed by atoms with Gasteiger partial charge in [-0.05, 0) is 32.0 Å². The SMILES string of the molecule is N#Cc1ncccc1COC1CCNCC1. The van der Waals surface area contributed by atoms with E-state index < -0.39 is 0 Å². The Labute approximate surface area is 95.3 Å². The van der Waals surface area contributed by atoms with Gasteiger partial charge in [0.05, 0.1) is 12.7 Å². The molecule has 1 aliphatic heterocycles. The summed E-state index contributed by atoms with van der Waals surface area (Å²) in [5, 5.41) is 12.2. The molecule has 1 aromatic heterocycles. The van der Waals surface area contributed by atoms with E-state index in [1.54, 1.807) is 6.20 Å². The summed E-state index contributed by atoms with van der Waals surface area (Å²) in [5.41, 5.74) is 1.35. The van der Waals surface area contributed by atoms with Gasteiger partial charge in [0.15, 0.2) is 0 Å². The number of nitrogens with zero attached hydrogens (tertiary/aromatic N) is 2. The van der Waals surface area contributed by atoms with Crippen LogP contribution in [0, 0.1) is 11.3 Å². The molecule has 1 aromatic rings. The molecule has 2 rings (SSSR count). The summed E-state index contributed by atoms with van der Waals surface area (Å²) in [6.07, 6.45) is 4.03. The van der Waals surface area contributed by atoms with Crippen LogP contribution < -0.4 is 5.32 Å². The first kappa shape index (κ1) is 11.1. The molecule has 0 unspecified atom stereocenters. The fourth-order valence-electron chi connectivity index (χ4n) is 1.83. The van der Waals surface area contributed by atoms with Crippen molar-refractivity contribution in [2.24, 2.45) is 0 Å². The molecule has 1 N–H and O–H groups in total. The number of hydrogen-bond donors (Lipinski definition) is 1. The molecule has 0 aliphatic carbocycles. The first-order valence-electron chi connectivity index (χ1n) is 5.56. The summed E-state index contributed by atoms with van der Waals surface area (Å²) < 4.78 is 5.78. The van der Waals surface area contributed by atoms with Gasteiger partial charge in [-0.15, -0.1) is 0 Å². The molecule has 4 heteroatoms. The molecule has 0 atom stereocenters. The highest BCUT2D eigenvalue weighted by atomic mass is 16.5. The van der Waals surface area contributed by atoms with Crippen LogP contribution in [0.1, 0.15) is 24.1 Å². The van der Waals surface area contributed by atoms with Crippen molar-refractivity contribution >= 4 is 0 Å². The predicted octanol–water partition coefficient (Wildman–Crippen LogP) is 1.22. The normalized spacial score (nSPS) is 16.9. The van der Waals surface area contributed by atoms with E-state index in [2.05, 4.69) is 16.4 Å². The zero-order valence-corrected chi connectivity index (χ0v) is 9.15. The van der Waals surface area contributed by atoms with Crippen LogP contribution in [-0.2, 0) is 11.3 Å². The van der Waals surface area contributed by atoms with Crippen LogP contribution >= 0.6 is 0 Å². The molecule has 0 aromatic carbocycles. The number of ether oxygens (including phenoxy) is 1. The van der Waals surface area contributed by atoms with E-state index in [1.807, 2.05) is 12.1 Å². The lowest BCUT2D eigenvalue weighted by Gasteiger charge is -2.22. The van der Waals surface area contributed by atoms with Gasteiger partial charge in [-0.3, -0.25) is 0 Å². The minimum absolute atomic E-state index is 0.313. The summed E-state index contributed by atoms with van der Waals surface area (Å²) in [5.74, 6) is 0. The minimum atomic E-state index is 0.313. The van der Waals surface area contributed by atoms with Crippen LogP contribution in [0.25, 0.3) is 0 Å². The van der Waals surface area contributed by atoms with E-state index in [1.165, 1.54) is 0 Å². The Morgan fingerprint density at radius 2 is 2.31 bits per heavy atom. The molecule has 1 saturated heterocycles. The molecule has 0 radical (unpaired) electrons. The lowest BCUT2D eigenvalue weighted by atomic mass is 10.1. The lowest BCUT2D eigenvalue weighted by molar-refractivity contribution is 0.0210. The maximum atomic E-state index is 8.88. The highest BCUT2D eigenvalue weighted by Crippen LogP contribution is 2.12. The van der Waals surface area contributed by atoms with Gasteiger partial charge in [-0.25, -0.2) is 4.98 Å². The summed E-state index contributed by atoms with van der Waals surface area (Å²) >= 11 is 0. The third-order valence-electron chi connectivity index (χ3n) is 2.76. The Kier molecular flexibility index (Phi) is 3.86. The van der Waals surface area contributed by atoms with E-state index in [0.717, 1.165) is 31.5 Å². The van der Waals surface area contributed by atoms with Crippen LogP contribution in [0.4, 0.5) is 0 Å². The molecular weight excluding hydrogens is 202 g/mol. The third kappa shape index (κ3) is 2.78. The number of rotatable bonds is 3. The average molecular weight is 217 g/mol. The smallest absolute Gasteiger partial charge is 0.145 e. The van der Waals surface area contributed by atoms with Crippen LogP contribution in [0.15, 0.2) is 18.3 Å². The fourth-order valence-corrected chi connectivity index (χ4v) is 1.83. The third-order valence-corrected chi connectivity index (χ3v) is 2.76. The zero-order valence-electron chi connectivity index (χ0n) is 9.15. The highest BCUT2D eigenvalue weighted by Gasteiger charge is 2.14. The van der Waals surface area contributed by atoms with Gasteiger partial charge in [-0.1, -0.05) is 6.07 Å². The molecule has 84 valence electrons. The summed E-state index contributed by atoms with van der Waals surface area (Å²) in [4.78, 5) is 4.01. The molecule has 0 spiro atoms. The van der Waals surface area contributed by atoms with E-state index in [9.17, 15) is 0 Å². The number of nitrogens with one attached hydrogen (secondary N) is 1. The van der Waals surface area contributed by atoms with E-state index in [4.69, 9.17) is 10.00 Å². The van der Waals surface area contributed by atoms with Crippen molar-refractivity contribution in [2.45, 2.75) is 25.6 Å². The quantitative estimate of drug-likeness (QED) is 0.827. The summed E-state index contributed by atoms with van der Waals surface area (Å²) in [6.45, 7) is 2.52. The summed E-state index contributed by atoms with van der Waals surface area (Å²) in [7, 11) is 0. The second-order valence-electron chi connectivity index (χ2n) is 3.88. The Balaban J connectivity index is 1.91. The van der Waals surface area contributed by atoms with Crippen molar-refractivity contribution < 1.29 is 4.74 Å². The lowest BCUT2D eigenvalue weighted by Crippen LogP contribution is -2.32. The van der Waals surface area contributed by atoms with Crippen LogP contribution in [-0.4, -0.2) is 24.2 Å². The predicted molar refractivity (Wildman–Crippen MR) is 59.6 cm³/mol. The Bertz CT molecular complexity index is 380. The van der Waals surface area contributed by atoms with Gasteiger partial charge in [0.25, 0.3) is 0 Å². The Morgan fingerprint density at radius 1 is 1.50 bits per heavy atom. The molecule has 1 aliphatic rings. The Morgan fingerprint density at radius 3 is 3.06 bits per heavy atom. The van der Waals surface area contributed by atoms with Gasteiger partial charge >= 0.3 is 0 Å². The van der Waals surface area contributed by atoms with E-state index >= 15 is 0 Å². The number of hydrogen-bond acceptors (Lipinski definition) is 4. The van der Waals surface area contributed by atoms with Crippen LogP contribution in [0.3, 0.4) is 0 Å². The fraction of sp³-hybridized carbons (Fsp3) is 0.500. The largest absolute Gasteiger partial charge is 0.373 e. The summed E-state index contributed by atoms with van der Waals surface area (Å²) in [6, 6.07) is 5.81. The first-order chi connectivity index (χ1) is 7.90. The molecule has 4 nitrogen and oxygen atoms in total. The number of piperidine rings is 1. The van der Waals surface area contributed by atoms with E-state index in [-0.39, 0.29) is 0 Å². The number of nitriles is 1. The van der Waals surface area contributed by atoms with Crippen molar-refractivity contribution in [1.29, 1.82) is 5.26 Å². The number of aromatic nitrogens is 1. The maximum absolute atomic E-state index is 8.88. The molecular formula is C12H15N3O. The van der Waals surface area contributed by atoms with Crippen LogP contribution in [0.2, 0.25) is 0 Å². The minimum Gasteiger partial charge on any atom is -0.373 e. The number of pyridine rings is 1. The molecule has 0 saturated carbocycles. The average Bonchev–Trinajstić information content (AvgIpc) is 2.38. The van der Waals surface area contributed by atoms with Crippen molar-refractivity contribution in [2.75, 3.05) is 13.1 Å². The van der Waals surface area contributed by atoms with Gasteiger partial charge in [0.2, 0.25) is 0 Å².